The van der Waals surface area contributed by atoms with Crippen LogP contribution in [0.15, 0.2) is 48.6 Å². The van der Waals surface area contributed by atoms with Gasteiger partial charge in [0.2, 0.25) is 0 Å². The molecular weight excluding hydrogens is 306 g/mol. The largest absolute Gasteiger partial charge is 3.00 e. The minimum absolute atomic E-state index is 0. The summed E-state index contributed by atoms with van der Waals surface area (Å²) in [6.45, 7) is 2.08. The third kappa shape index (κ3) is 12.1. The number of hydrogen-bond acceptors (Lipinski definition) is 0. The van der Waals surface area contributed by atoms with Gasteiger partial charge in [-0.15, -0.1) is 6.42 Å². The quantitative estimate of drug-likeness (QED) is 0.457. The summed E-state index contributed by atoms with van der Waals surface area (Å²) in [7, 11) is 0. The first kappa shape index (κ1) is 20.6. The number of hydrogen-bond donors (Lipinski definition) is 0. The number of aryl methyl sites for hydroxylation is 1. The Morgan fingerprint density at radius 2 is 1.67 bits per heavy atom. The van der Waals surface area contributed by atoms with E-state index in [1.54, 1.807) is 0 Å². The molecule has 1 aromatic carbocycles. The van der Waals surface area contributed by atoms with E-state index in [1.807, 2.05) is 30.4 Å². The van der Waals surface area contributed by atoms with Gasteiger partial charge in [0, 0.05) is 0 Å². The molecule has 0 amide bonds. The molecule has 0 heterocycles. The number of rotatable bonds is 0. The van der Waals surface area contributed by atoms with Gasteiger partial charge < -0.3 is 24.8 Å². The zero-order valence-electron chi connectivity index (χ0n) is 8.58. The molecule has 0 bridgehead atoms. The van der Waals surface area contributed by atoms with Gasteiger partial charge in [0.1, 0.15) is 0 Å². The van der Waals surface area contributed by atoms with Gasteiger partial charge in [0.05, 0.1) is 0 Å². The van der Waals surface area contributed by atoms with E-state index in [1.165, 1.54) is 5.56 Å². The molecule has 15 heavy (non-hydrogen) atoms. The Labute approximate surface area is 124 Å². The van der Waals surface area contributed by atoms with Crippen molar-refractivity contribution in [1.82, 2.24) is 0 Å². The molecular formula is C12H13Cl2Zr. The average Bonchev–Trinajstić information content (AvgIpc) is 2.62. The van der Waals surface area contributed by atoms with Crippen molar-refractivity contribution >= 4 is 0 Å². The van der Waals surface area contributed by atoms with Crippen LogP contribution in [0.1, 0.15) is 12.0 Å². The molecule has 1 aliphatic carbocycles. The van der Waals surface area contributed by atoms with Crippen LogP contribution in [0.4, 0.5) is 0 Å². The minimum Gasteiger partial charge on any atom is -1.00 e. The van der Waals surface area contributed by atoms with Crippen LogP contribution in [-0.4, -0.2) is 0 Å². The fraction of sp³-hybridized carbons (Fsp3) is 0.167. The van der Waals surface area contributed by atoms with Crippen molar-refractivity contribution in [1.29, 1.82) is 0 Å². The fourth-order valence-corrected chi connectivity index (χ4v) is 0.875. The maximum atomic E-state index is 2.99. The monoisotopic (exact) mass is 317 g/mol. The van der Waals surface area contributed by atoms with Crippen LogP contribution >= 0.6 is 0 Å². The maximum absolute atomic E-state index is 2.99. The Bertz CT molecular complexity index is 258. The molecule has 0 saturated heterocycles. The third-order valence-electron chi connectivity index (χ3n) is 1.53. The normalized spacial score (nSPS) is 9.93. The molecule has 0 saturated carbocycles. The molecule has 0 N–H and O–H groups in total. The van der Waals surface area contributed by atoms with Gasteiger partial charge in [-0.1, -0.05) is 35.9 Å². The average molecular weight is 319 g/mol. The van der Waals surface area contributed by atoms with Gasteiger partial charge >= 0.3 is 26.2 Å². The molecule has 0 aliphatic heterocycles. The van der Waals surface area contributed by atoms with Crippen LogP contribution in [0.5, 0.6) is 0 Å². The van der Waals surface area contributed by atoms with Crippen LogP contribution in [-0.2, 0) is 26.2 Å². The summed E-state index contributed by atoms with van der Waals surface area (Å²) < 4.78 is 0. The van der Waals surface area contributed by atoms with E-state index in [-0.39, 0.29) is 51.0 Å². The van der Waals surface area contributed by atoms with Crippen molar-refractivity contribution in [3.63, 3.8) is 0 Å². The van der Waals surface area contributed by atoms with Crippen LogP contribution in [0, 0.1) is 13.0 Å². The smallest absolute Gasteiger partial charge is 1.00 e. The molecule has 0 atom stereocenters. The SMILES string of the molecule is Cc1ccccc1.[C-]1=CC=CC1.[Cl-].[Cl-].[Zr+3]. The Morgan fingerprint density at radius 1 is 1.07 bits per heavy atom. The van der Waals surface area contributed by atoms with Crippen molar-refractivity contribution in [3.8, 4) is 0 Å². The summed E-state index contributed by atoms with van der Waals surface area (Å²) in [6, 6.07) is 10.3. The molecule has 1 aliphatic rings. The van der Waals surface area contributed by atoms with Gasteiger partial charge in [-0.3, -0.25) is 6.08 Å². The van der Waals surface area contributed by atoms with Crippen LogP contribution in [0.25, 0.3) is 0 Å². The standard InChI is InChI=1S/C7H8.C5H5.2ClH.Zr/c1-7-5-3-2-4-6-7;1-2-4-5-3-1;;;/h2-6H,1H3;1-3H,4H2;2*1H;/q;-1;;;+3/p-2. The Kier molecular flexibility index (Phi) is 19.4. The van der Waals surface area contributed by atoms with Crippen LogP contribution in [0.3, 0.4) is 0 Å². The second kappa shape index (κ2) is 14.2. The maximum Gasteiger partial charge on any atom is 3.00 e. The van der Waals surface area contributed by atoms with E-state index < -0.39 is 0 Å². The molecule has 2 rings (SSSR count). The molecule has 0 spiro atoms. The zero-order chi connectivity index (χ0) is 8.65. The molecule has 0 unspecified atom stereocenters. The van der Waals surface area contributed by atoms with E-state index in [2.05, 4.69) is 31.2 Å². The van der Waals surface area contributed by atoms with Crippen molar-refractivity contribution in [2.45, 2.75) is 13.3 Å². The van der Waals surface area contributed by atoms with Crippen LogP contribution < -0.4 is 24.8 Å². The summed E-state index contributed by atoms with van der Waals surface area (Å²) in [5, 5.41) is 0. The summed E-state index contributed by atoms with van der Waals surface area (Å²) in [5.74, 6) is 0. The van der Waals surface area contributed by atoms with E-state index in [0.29, 0.717) is 0 Å². The molecule has 0 fully saturated rings. The number of halogens is 2. The van der Waals surface area contributed by atoms with Gasteiger partial charge in [0.25, 0.3) is 0 Å². The third-order valence-corrected chi connectivity index (χ3v) is 1.53. The predicted octanol–water partition coefficient (Wildman–Crippen LogP) is -2.69. The van der Waals surface area contributed by atoms with Gasteiger partial charge in [-0.25, -0.2) is 12.2 Å². The summed E-state index contributed by atoms with van der Waals surface area (Å²) in [6.07, 6.45) is 10.0. The predicted molar refractivity (Wildman–Crippen MR) is 52.7 cm³/mol. The van der Waals surface area contributed by atoms with E-state index in [0.717, 1.165) is 6.42 Å². The first-order valence-electron chi connectivity index (χ1n) is 4.13. The fourth-order valence-electron chi connectivity index (χ4n) is 0.875. The van der Waals surface area contributed by atoms with Gasteiger partial charge in [-0.05, 0) is 6.92 Å². The zero-order valence-corrected chi connectivity index (χ0v) is 12.6. The van der Waals surface area contributed by atoms with Crippen molar-refractivity contribution in [3.05, 3.63) is 60.2 Å². The van der Waals surface area contributed by atoms with Crippen LogP contribution in [0.2, 0.25) is 0 Å². The van der Waals surface area contributed by atoms with Gasteiger partial charge in [0.15, 0.2) is 0 Å². The molecule has 1 aromatic rings. The summed E-state index contributed by atoms with van der Waals surface area (Å²) in [5.41, 5.74) is 1.32. The number of benzene rings is 1. The molecule has 0 nitrogen and oxygen atoms in total. The Balaban J connectivity index is -0.000000165. The summed E-state index contributed by atoms with van der Waals surface area (Å²) >= 11 is 0. The Hall–Kier alpha value is 0.163. The number of allylic oxidation sites excluding steroid dienone is 4. The summed E-state index contributed by atoms with van der Waals surface area (Å²) in [4.78, 5) is 0. The van der Waals surface area contributed by atoms with E-state index in [4.69, 9.17) is 0 Å². The molecule has 1 radical (unpaired) electrons. The molecule has 79 valence electrons. The minimum atomic E-state index is 0. The Morgan fingerprint density at radius 3 is 1.87 bits per heavy atom. The first-order chi connectivity index (χ1) is 5.89. The topological polar surface area (TPSA) is 0 Å². The van der Waals surface area contributed by atoms with Crippen molar-refractivity contribution in [2.24, 2.45) is 0 Å². The van der Waals surface area contributed by atoms with E-state index in [9.17, 15) is 0 Å². The first-order valence-corrected chi connectivity index (χ1v) is 4.13. The molecule has 0 aromatic heterocycles. The second-order valence-electron chi connectivity index (χ2n) is 2.66. The molecule has 3 heteroatoms. The van der Waals surface area contributed by atoms with Crippen molar-refractivity contribution < 1.29 is 51.0 Å². The van der Waals surface area contributed by atoms with E-state index >= 15 is 0 Å². The van der Waals surface area contributed by atoms with Gasteiger partial charge in [-0.2, -0.15) is 6.08 Å². The second-order valence-corrected chi connectivity index (χ2v) is 2.66. The van der Waals surface area contributed by atoms with Crippen molar-refractivity contribution in [2.75, 3.05) is 0 Å².